The quantitative estimate of drug-likeness (QED) is 0.344. The molecule has 0 unspecified atom stereocenters. The van der Waals surface area contributed by atoms with Gasteiger partial charge in [-0.2, -0.15) is 4.31 Å². The van der Waals surface area contributed by atoms with Gasteiger partial charge >= 0.3 is 5.97 Å². The number of carbonyl (C=O) groups is 1. The molecule has 1 fully saturated rings. The fourth-order valence-corrected chi connectivity index (χ4v) is 6.63. The molecule has 1 aliphatic heterocycles. The first-order chi connectivity index (χ1) is 18.1. The smallest absolute Gasteiger partial charge is 0.357 e. The molecule has 1 aliphatic rings. The summed E-state index contributed by atoms with van der Waals surface area (Å²) in [7, 11) is -1.83. The van der Waals surface area contributed by atoms with Crippen LogP contribution < -0.4 is 4.90 Å². The Labute approximate surface area is 227 Å². The topological polar surface area (TPSA) is 83.0 Å². The van der Waals surface area contributed by atoms with Gasteiger partial charge in [-0.3, -0.25) is 0 Å². The number of sulfonamides is 1. The first-order valence-corrected chi connectivity index (χ1v) is 15.0. The van der Waals surface area contributed by atoms with Gasteiger partial charge in [-0.25, -0.2) is 22.6 Å². The number of halogens is 1. The number of esters is 1. The molecule has 2 aromatic carbocycles. The van der Waals surface area contributed by atoms with Crippen molar-refractivity contribution in [3.05, 3.63) is 58.9 Å². The molecule has 0 N–H and O–H groups in total. The van der Waals surface area contributed by atoms with Crippen molar-refractivity contribution in [2.45, 2.75) is 32.1 Å². The number of likely N-dealkylation sites (N-methyl/N-ethyl adjacent to an activating group) is 1. The zero-order valence-corrected chi connectivity index (χ0v) is 23.7. The first kappa shape index (κ1) is 28.2. The summed E-state index contributed by atoms with van der Waals surface area (Å²) >= 11 is 1.34. The van der Waals surface area contributed by atoms with Gasteiger partial charge in [0.15, 0.2) is 10.8 Å². The normalized spacial score (nSPS) is 15.0. The van der Waals surface area contributed by atoms with E-state index in [-0.39, 0.29) is 17.2 Å². The molecular formula is C27H33FN4O4S2. The van der Waals surface area contributed by atoms with E-state index in [1.54, 1.807) is 12.3 Å². The van der Waals surface area contributed by atoms with Gasteiger partial charge in [0, 0.05) is 49.4 Å². The lowest BCUT2D eigenvalue weighted by atomic mass is 10.0. The van der Waals surface area contributed by atoms with Gasteiger partial charge in [0.2, 0.25) is 10.0 Å². The second-order valence-electron chi connectivity index (χ2n) is 9.24. The lowest BCUT2D eigenvalue weighted by molar-refractivity contribution is 0.0520. The van der Waals surface area contributed by atoms with Crippen molar-refractivity contribution in [2.75, 3.05) is 51.3 Å². The molecule has 0 atom stereocenters. The van der Waals surface area contributed by atoms with Crippen LogP contribution >= 0.6 is 11.3 Å². The molecule has 8 nitrogen and oxygen atoms in total. The third-order valence-electron chi connectivity index (χ3n) is 6.51. The second-order valence-corrected chi connectivity index (χ2v) is 12.0. The van der Waals surface area contributed by atoms with Crippen molar-refractivity contribution in [1.29, 1.82) is 0 Å². The third kappa shape index (κ3) is 5.90. The van der Waals surface area contributed by atoms with Crippen LogP contribution in [-0.4, -0.2) is 75.0 Å². The molecule has 204 valence electrons. The average molecular weight is 561 g/mol. The average Bonchev–Trinajstić information content (AvgIpc) is 3.38. The van der Waals surface area contributed by atoms with Crippen LogP contribution in [0.2, 0.25) is 0 Å². The van der Waals surface area contributed by atoms with Crippen molar-refractivity contribution in [3.8, 4) is 11.1 Å². The fourth-order valence-electron chi connectivity index (χ4n) is 4.37. The maximum Gasteiger partial charge on any atom is 0.357 e. The Hall–Kier alpha value is -2.86. The monoisotopic (exact) mass is 560 g/mol. The highest BCUT2D eigenvalue weighted by Crippen LogP contribution is 2.36. The highest BCUT2D eigenvalue weighted by molar-refractivity contribution is 7.89. The molecule has 4 rings (SSSR count). The van der Waals surface area contributed by atoms with E-state index < -0.39 is 21.8 Å². The Morgan fingerprint density at radius 3 is 2.53 bits per heavy atom. The molecule has 1 aromatic heterocycles. The molecular weight excluding hydrogens is 527 g/mol. The third-order valence-corrected chi connectivity index (χ3v) is 9.26. The molecule has 0 aliphatic carbocycles. The van der Waals surface area contributed by atoms with E-state index in [4.69, 9.17) is 4.74 Å². The van der Waals surface area contributed by atoms with E-state index in [0.29, 0.717) is 49.0 Å². The second kappa shape index (κ2) is 11.9. The maximum atomic E-state index is 15.4. The number of ether oxygens (including phenoxy) is 1. The number of benzene rings is 2. The number of hydrogen-bond acceptors (Lipinski definition) is 8. The zero-order chi connectivity index (χ0) is 27.4. The van der Waals surface area contributed by atoms with Crippen molar-refractivity contribution in [3.63, 3.8) is 0 Å². The number of piperazine rings is 1. The maximum absolute atomic E-state index is 15.4. The molecule has 0 bridgehead atoms. The Bertz CT molecular complexity index is 1400. The largest absolute Gasteiger partial charge is 0.461 e. The summed E-state index contributed by atoms with van der Waals surface area (Å²) < 4.78 is 48.1. The fraction of sp³-hybridized carbons (Fsp3) is 0.407. The predicted octanol–water partition coefficient (Wildman–Crippen LogP) is 4.92. The summed E-state index contributed by atoms with van der Waals surface area (Å²) in [5.41, 5.74) is 2.98. The van der Waals surface area contributed by atoms with Crippen molar-refractivity contribution in [1.82, 2.24) is 14.2 Å². The van der Waals surface area contributed by atoms with Gasteiger partial charge in [0.1, 0.15) is 5.82 Å². The molecule has 38 heavy (non-hydrogen) atoms. The Morgan fingerprint density at radius 1 is 1.13 bits per heavy atom. The highest BCUT2D eigenvalue weighted by Gasteiger charge is 2.28. The molecule has 1 saturated heterocycles. The molecule has 0 radical (unpaired) electrons. The Morgan fingerprint density at radius 2 is 1.87 bits per heavy atom. The van der Waals surface area contributed by atoms with E-state index in [1.165, 1.54) is 27.8 Å². The Kier molecular flexibility index (Phi) is 8.81. The molecule has 0 amide bonds. The number of hydrogen-bond donors (Lipinski definition) is 0. The summed E-state index contributed by atoms with van der Waals surface area (Å²) in [6, 6.07) is 9.71. The van der Waals surface area contributed by atoms with Gasteiger partial charge in [-0.1, -0.05) is 25.1 Å². The SMILES string of the molecule is CCCN(c1nc(C(=O)OCC)cs1)c1cc(-c2ccc(S(=O)(=O)N3CCN(C)CC3)cc2F)ccc1C. The molecule has 2 heterocycles. The number of carbonyl (C=O) groups excluding carboxylic acids is 1. The predicted molar refractivity (Wildman–Crippen MR) is 148 cm³/mol. The van der Waals surface area contributed by atoms with E-state index in [1.807, 2.05) is 44.0 Å². The van der Waals surface area contributed by atoms with Crippen LogP contribution in [0.3, 0.4) is 0 Å². The van der Waals surface area contributed by atoms with Crippen molar-refractivity contribution >= 4 is 38.1 Å². The van der Waals surface area contributed by atoms with E-state index in [2.05, 4.69) is 9.88 Å². The zero-order valence-electron chi connectivity index (χ0n) is 22.1. The number of aromatic nitrogens is 1. The minimum Gasteiger partial charge on any atom is -0.461 e. The number of anilines is 2. The summed E-state index contributed by atoms with van der Waals surface area (Å²) in [4.78, 5) is 20.7. The minimum atomic E-state index is -3.77. The van der Waals surface area contributed by atoms with Crippen molar-refractivity contribution in [2.24, 2.45) is 0 Å². The molecule has 0 saturated carbocycles. The van der Waals surface area contributed by atoms with Crippen LogP contribution in [0.15, 0.2) is 46.7 Å². The van der Waals surface area contributed by atoms with Gasteiger partial charge in [0.05, 0.1) is 11.5 Å². The summed E-state index contributed by atoms with van der Waals surface area (Å²) in [6.07, 6.45) is 0.825. The van der Waals surface area contributed by atoms with Crippen LogP contribution in [0, 0.1) is 12.7 Å². The van der Waals surface area contributed by atoms with Gasteiger partial charge in [0.25, 0.3) is 0 Å². The van der Waals surface area contributed by atoms with Crippen molar-refractivity contribution < 1.29 is 22.3 Å². The number of aryl methyl sites for hydroxylation is 1. The summed E-state index contributed by atoms with van der Waals surface area (Å²) in [5, 5.41) is 2.32. The molecule has 0 spiro atoms. The number of rotatable bonds is 9. The van der Waals surface area contributed by atoms with Gasteiger partial charge < -0.3 is 14.5 Å². The van der Waals surface area contributed by atoms with E-state index >= 15 is 4.39 Å². The summed E-state index contributed by atoms with van der Waals surface area (Å²) in [5.74, 6) is -1.07. The summed E-state index contributed by atoms with van der Waals surface area (Å²) in [6.45, 7) is 8.71. The van der Waals surface area contributed by atoms with Crippen LogP contribution in [0.5, 0.6) is 0 Å². The first-order valence-electron chi connectivity index (χ1n) is 12.6. The van der Waals surface area contributed by atoms with E-state index in [9.17, 15) is 13.2 Å². The number of thiazole rings is 1. The molecule has 11 heteroatoms. The highest BCUT2D eigenvalue weighted by atomic mass is 32.2. The standard InChI is InChI=1S/C27H33FN4O4S2/c1-5-11-32(27-29-24(18-37-27)26(33)36-6-2)25-16-20(8-7-19(25)3)22-10-9-21(17-23(22)28)38(34,35)31-14-12-30(4)13-15-31/h7-10,16-18H,5-6,11-15H2,1-4H3. The van der Waals surface area contributed by atoms with Crippen LogP contribution in [0.1, 0.15) is 36.3 Å². The van der Waals surface area contributed by atoms with Gasteiger partial charge in [-0.05, 0) is 56.6 Å². The number of nitrogens with zero attached hydrogens (tertiary/aromatic N) is 4. The lowest BCUT2D eigenvalue weighted by Crippen LogP contribution is -2.47. The van der Waals surface area contributed by atoms with Crippen LogP contribution in [0.4, 0.5) is 15.2 Å². The Balaban J connectivity index is 1.66. The van der Waals surface area contributed by atoms with Crippen LogP contribution in [0.25, 0.3) is 11.1 Å². The lowest BCUT2D eigenvalue weighted by Gasteiger charge is -2.31. The van der Waals surface area contributed by atoms with E-state index in [0.717, 1.165) is 23.7 Å². The minimum absolute atomic E-state index is 0.0440. The van der Waals surface area contributed by atoms with Gasteiger partial charge in [-0.15, -0.1) is 11.3 Å². The van der Waals surface area contributed by atoms with Crippen LogP contribution in [-0.2, 0) is 14.8 Å². The molecule has 3 aromatic rings.